The Hall–Kier alpha value is -6.37. The van der Waals surface area contributed by atoms with Crippen LogP contribution in [0.2, 0.25) is 0 Å². The summed E-state index contributed by atoms with van der Waals surface area (Å²) in [6.45, 7) is -0.214. The molecular weight excluding hydrogens is 698 g/mol. The Morgan fingerprint density at radius 1 is 0.778 bits per heavy atom. The minimum atomic E-state index is -0.664. The normalized spacial score (nSPS) is 19.3. The van der Waals surface area contributed by atoms with Crippen LogP contribution in [-0.2, 0) is 14.3 Å². The molecule has 4 aromatic rings. The Labute approximate surface area is 311 Å². The molecular formula is C41H39NO12. The highest BCUT2D eigenvalue weighted by atomic mass is 16.7. The van der Waals surface area contributed by atoms with Gasteiger partial charge in [-0.25, -0.2) is 0 Å². The molecule has 0 radical (unpaired) electrons. The smallest absolute Gasteiger partial charge is 0.310 e. The van der Waals surface area contributed by atoms with Crippen LogP contribution in [-0.4, -0.2) is 73.2 Å². The molecule has 1 aliphatic carbocycles. The van der Waals surface area contributed by atoms with Crippen LogP contribution in [0.5, 0.6) is 46.0 Å². The van der Waals surface area contributed by atoms with Gasteiger partial charge in [-0.15, -0.1) is 0 Å². The summed E-state index contributed by atoms with van der Waals surface area (Å²) in [5.41, 5.74) is 3.43. The van der Waals surface area contributed by atoms with Gasteiger partial charge in [0.2, 0.25) is 12.5 Å². The van der Waals surface area contributed by atoms with Crippen molar-refractivity contribution < 1.29 is 57.0 Å². The van der Waals surface area contributed by atoms with Gasteiger partial charge in [-0.2, -0.15) is 0 Å². The van der Waals surface area contributed by atoms with E-state index in [0.717, 1.165) is 16.7 Å². The average Bonchev–Trinajstić information content (AvgIpc) is 3.83. The molecule has 0 bridgehead atoms. The second-order valence-corrected chi connectivity index (χ2v) is 12.8. The molecule has 0 saturated carbocycles. The fraction of sp³-hybridized carbons (Fsp3) is 0.293. The van der Waals surface area contributed by atoms with Crippen molar-refractivity contribution in [2.24, 2.45) is 11.8 Å². The maximum absolute atomic E-state index is 13.6. The van der Waals surface area contributed by atoms with Gasteiger partial charge in [-0.3, -0.25) is 14.4 Å². The lowest BCUT2D eigenvalue weighted by Crippen LogP contribution is -2.44. The van der Waals surface area contributed by atoms with Crippen LogP contribution < -0.4 is 43.2 Å². The van der Waals surface area contributed by atoms with E-state index in [1.807, 2.05) is 24.3 Å². The standard InChI is InChI=1S/C41H39NO12/c1-46-25-8-6-7-23(14-25)29(43)11-9-22-10-12-30(31(13-22)47-2)51-20-36(44)42-39-27-18-33-32(53-21-54-33)17-26(27)37(38-28(39)19-52-41(38)45)24-15-34(48-3)40(50-5)35(16-24)49-4/h6-18,28,37-39H,19-21H2,1-5H3,(H,42,44)/b11-9+/t28-,37+,38-,39+/m0/s1. The summed E-state index contributed by atoms with van der Waals surface area (Å²) in [7, 11) is 7.62. The van der Waals surface area contributed by atoms with Crippen LogP contribution in [0.3, 0.4) is 0 Å². The van der Waals surface area contributed by atoms with Crippen molar-refractivity contribution in [3.8, 4) is 46.0 Å². The number of esters is 1. The number of hydrogen-bond donors (Lipinski definition) is 1. The van der Waals surface area contributed by atoms with Crippen molar-refractivity contribution in [1.29, 1.82) is 0 Å². The Morgan fingerprint density at radius 3 is 2.19 bits per heavy atom. The number of nitrogens with one attached hydrogen (secondary N) is 1. The molecule has 4 atom stereocenters. The summed E-state index contributed by atoms with van der Waals surface area (Å²) in [4.78, 5) is 39.9. The van der Waals surface area contributed by atoms with E-state index in [0.29, 0.717) is 57.1 Å². The molecule has 1 amide bonds. The number of ether oxygens (including phenoxy) is 9. The zero-order chi connectivity index (χ0) is 37.9. The zero-order valence-corrected chi connectivity index (χ0v) is 30.3. The summed E-state index contributed by atoms with van der Waals surface area (Å²) >= 11 is 0. The van der Waals surface area contributed by atoms with Gasteiger partial charge in [-0.05, 0) is 76.9 Å². The van der Waals surface area contributed by atoms with Crippen LogP contribution in [0.15, 0.2) is 72.8 Å². The molecule has 280 valence electrons. The highest BCUT2D eigenvalue weighted by molar-refractivity contribution is 6.07. The predicted octanol–water partition coefficient (Wildman–Crippen LogP) is 5.53. The quantitative estimate of drug-likeness (QED) is 0.105. The van der Waals surface area contributed by atoms with Gasteiger partial charge in [0, 0.05) is 17.4 Å². The number of hydrogen-bond acceptors (Lipinski definition) is 12. The lowest BCUT2D eigenvalue weighted by Gasteiger charge is -2.39. The van der Waals surface area contributed by atoms with E-state index < -0.39 is 29.7 Å². The predicted molar refractivity (Wildman–Crippen MR) is 194 cm³/mol. The molecule has 3 aliphatic rings. The number of ketones is 1. The van der Waals surface area contributed by atoms with Gasteiger partial charge >= 0.3 is 5.97 Å². The largest absolute Gasteiger partial charge is 0.497 e. The maximum Gasteiger partial charge on any atom is 0.310 e. The Bertz CT molecular complexity index is 2100. The molecule has 4 aromatic carbocycles. The van der Waals surface area contributed by atoms with Gasteiger partial charge in [0.15, 0.2) is 46.9 Å². The lowest BCUT2D eigenvalue weighted by atomic mass is 9.65. The third-order valence-corrected chi connectivity index (χ3v) is 9.88. The number of amides is 1. The summed E-state index contributed by atoms with van der Waals surface area (Å²) in [6.07, 6.45) is 3.13. The van der Waals surface area contributed by atoms with E-state index in [4.69, 9.17) is 42.6 Å². The molecule has 0 spiro atoms. The molecule has 0 aromatic heterocycles. The third-order valence-electron chi connectivity index (χ3n) is 9.88. The third kappa shape index (κ3) is 6.80. The Balaban J connectivity index is 1.13. The summed E-state index contributed by atoms with van der Waals surface area (Å²) in [5, 5.41) is 3.11. The van der Waals surface area contributed by atoms with Crippen LogP contribution in [0.4, 0.5) is 0 Å². The fourth-order valence-corrected chi connectivity index (χ4v) is 7.34. The molecule has 54 heavy (non-hydrogen) atoms. The van der Waals surface area contributed by atoms with Gasteiger partial charge in [0.25, 0.3) is 5.91 Å². The van der Waals surface area contributed by atoms with Crippen molar-refractivity contribution in [3.05, 3.63) is 101 Å². The molecule has 13 nitrogen and oxygen atoms in total. The first kappa shape index (κ1) is 36.0. The molecule has 1 fully saturated rings. The number of methoxy groups -OCH3 is 5. The van der Waals surface area contributed by atoms with Crippen LogP contribution in [0.1, 0.15) is 44.6 Å². The first-order valence-electron chi connectivity index (χ1n) is 17.1. The fourth-order valence-electron chi connectivity index (χ4n) is 7.34. The topological polar surface area (TPSA) is 146 Å². The van der Waals surface area contributed by atoms with Crippen LogP contribution in [0, 0.1) is 11.8 Å². The zero-order valence-electron chi connectivity index (χ0n) is 30.3. The number of benzene rings is 4. The molecule has 1 saturated heterocycles. The molecule has 0 unspecified atom stereocenters. The minimum absolute atomic E-state index is 0.0435. The van der Waals surface area contributed by atoms with Crippen molar-refractivity contribution in [3.63, 3.8) is 0 Å². The number of cyclic esters (lactones) is 1. The molecule has 7 rings (SSSR count). The van der Waals surface area contributed by atoms with E-state index in [1.165, 1.54) is 34.5 Å². The van der Waals surface area contributed by atoms with E-state index in [-0.39, 0.29) is 31.8 Å². The highest BCUT2D eigenvalue weighted by Crippen LogP contribution is 2.55. The Morgan fingerprint density at radius 2 is 1.50 bits per heavy atom. The minimum Gasteiger partial charge on any atom is -0.497 e. The van der Waals surface area contributed by atoms with E-state index >= 15 is 0 Å². The van der Waals surface area contributed by atoms with Crippen LogP contribution >= 0.6 is 0 Å². The van der Waals surface area contributed by atoms with Crippen LogP contribution in [0.25, 0.3) is 6.08 Å². The summed E-state index contributed by atoms with van der Waals surface area (Å²) in [6, 6.07) is 18.7. The second-order valence-electron chi connectivity index (χ2n) is 12.8. The van der Waals surface area contributed by atoms with Gasteiger partial charge in [-0.1, -0.05) is 24.3 Å². The SMILES string of the molecule is COc1cccc(C(=O)/C=C/c2ccc(OCC(=O)N[C@@H]3c4cc5c(cc4[C@@H](c4cc(OC)c(OC)c(OC)c4)[C@H]4C(=O)OC[C@@H]43)OCO5)c(OC)c2)c1. The summed E-state index contributed by atoms with van der Waals surface area (Å²) in [5.74, 6) is 1.03. The van der Waals surface area contributed by atoms with Gasteiger partial charge in [0.1, 0.15) is 5.75 Å². The van der Waals surface area contributed by atoms with Gasteiger partial charge < -0.3 is 47.9 Å². The molecule has 2 aliphatic heterocycles. The lowest BCUT2D eigenvalue weighted by molar-refractivity contribution is -0.141. The van der Waals surface area contributed by atoms with Crippen molar-refractivity contribution >= 4 is 23.7 Å². The van der Waals surface area contributed by atoms with Crippen molar-refractivity contribution in [2.75, 3.05) is 55.6 Å². The molecule has 13 heteroatoms. The second kappa shape index (κ2) is 15.3. The first-order chi connectivity index (χ1) is 26.3. The molecule has 1 N–H and O–H groups in total. The number of rotatable bonds is 13. The monoisotopic (exact) mass is 737 g/mol. The number of carbonyl (C=O) groups is 3. The number of fused-ring (bicyclic) bond motifs is 3. The summed E-state index contributed by atoms with van der Waals surface area (Å²) < 4.78 is 50.7. The van der Waals surface area contributed by atoms with E-state index in [1.54, 1.807) is 55.7 Å². The first-order valence-corrected chi connectivity index (χ1v) is 17.1. The number of allylic oxidation sites excluding steroid dienone is 1. The van der Waals surface area contributed by atoms with Gasteiger partial charge in [0.05, 0.1) is 54.1 Å². The van der Waals surface area contributed by atoms with E-state index in [9.17, 15) is 14.4 Å². The Kier molecular flexibility index (Phi) is 10.2. The average molecular weight is 738 g/mol. The molecule has 2 heterocycles. The van der Waals surface area contributed by atoms with Crippen molar-refractivity contribution in [2.45, 2.75) is 12.0 Å². The van der Waals surface area contributed by atoms with Crippen molar-refractivity contribution in [1.82, 2.24) is 5.32 Å². The highest BCUT2D eigenvalue weighted by Gasteiger charge is 2.53. The van der Waals surface area contributed by atoms with E-state index in [2.05, 4.69) is 5.32 Å². The maximum atomic E-state index is 13.6. The number of carbonyl (C=O) groups excluding carboxylic acids is 3.